The van der Waals surface area contributed by atoms with Crippen LogP contribution in [0.2, 0.25) is 0 Å². The number of aromatic nitrogens is 3. The van der Waals surface area contributed by atoms with Crippen molar-refractivity contribution >= 4 is 43.5 Å². The predicted octanol–water partition coefficient (Wildman–Crippen LogP) is 12.4. The third kappa shape index (κ3) is 4.96. The lowest BCUT2D eigenvalue weighted by atomic mass is 9.90. The van der Waals surface area contributed by atoms with Crippen LogP contribution in [0.5, 0.6) is 0 Å². The van der Waals surface area contributed by atoms with E-state index in [0.29, 0.717) is 17.5 Å². The summed E-state index contributed by atoms with van der Waals surface area (Å²) in [6.07, 6.45) is 0. The van der Waals surface area contributed by atoms with Gasteiger partial charge in [-0.2, -0.15) is 0 Å². The van der Waals surface area contributed by atoms with Crippen LogP contribution in [0.1, 0.15) is 0 Å². The fraction of sp³-hybridized carbons (Fsp3) is 0. The molecule has 2 aromatic heterocycles. The van der Waals surface area contributed by atoms with Gasteiger partial charge < -0.3 is 4.42 Å². The van der Waals surface area contributed by atoms with Crippen molar-refractivity contribution in [2.45, 2.75) is 0 Å². The molecule has 0 amide bonds. The Morgan fingerprint density at radius 2 is 0.784 bits per heavy atom. The molecule has 4 nitrogen and oxygen atoms in total. The van der Waals surface area contributed by atoms with Gasteiger partial charge in [0.25, 0.3) is 0 Å². The van der Waals surface area contributed by atoms with Crippen molar-refractivity contribution < 1.29 is 4.42 Å². The van der Waals surface area contributed by atoms with Crippen molar-refractivity contribution in [3.63, 3.8) is 0 Å². The number of hydrogen-bond acceptors (Lipinski definition) is 4. The first-order chi connectivity index (χ1) is 25.3. The van der Waals surface area contributed by atoms with Gasteiger partial charge in [0.2, 0.25) is 0 Å². The quantitative estimate of drug-likeness (QED) is 0.186. The van der Waals surface area contributed by atoms with Crippen LogP contribution >= 0.6 is 0 Å². The van der Waals surface area contributed by atoms with Crippen LogP contribution in [-0.2, 0) is 0 Å². The Morgan fingerprint density at radius 1 is 0.294 bits per heavy atom. The summed E-state index contributed by atoms with van der Waals surface area (Å²) in [7, 11) is 0. The van der Waals surface area contributed by atoms with Gasteiger partial charge in [0.1, 0.15) is 11.2 Å². The zero-order chi connectivity index (χ0) is 33.7. The Bertz CT molecular complexity index is 2840. The molecular weight excluding hydrogens is 623 g/mol. The Kier molecular flexibility index (Phi) is 6.78. The van der Waals surface area contributed by atoms with Crippen LogP contribution in [0, 0.1) is 0 Å². The van der Waals surface area contributed by atoms with Crippen molar-refractivity contribution in [1.29, 1.82) is 0 Å². The summed E-state index contributed by atoms with van der Waals surface area (Å²) in [5.41, 5.74) is 9.27. The van der Waals surface area contributed by atoms with Gasteiger partial charge in [-0.05, 0) is 62.7 Å². The topological polar surface area (TPSA) is 51.8 Å². The highest BCUT2D eigenvalue weighted by atomic mass is 16.3. The maximum Gasteiger partial charge on any atom is 0.164 e. The summed E-state index contributed by atoms with van der Waals surface area (Å²) in [6.45, 7) is 0. The smallest absolute Gasteiger partial charge is 0.164 e. The third-order valence-electron chi connectivity index (χ3n) is 9.74. The summed E-state index contributed by atoms with van der Waals surface area (Å²) >= 11 is 0. The van der Waals surface area contributed by atoms with Gasteiger partial charge in [0, 0.05) is 32.8 Å². The molecule has 0 spiro atoms. The summed E-state index contributed by atoms with van der Waals surface area (Å²) in [4.78, 5) is 15.1. The molecule has 0 atom stereocenters. The van der Waals surface area contributed by atoms with Crippen LogP contribution in [0.15, 0.2) is 180 Å². The molecule has 0 aliphatic heterocycles. The monoisotopic (exact) mass is 651 g/mol. The Hall–Kier alpha value is -6.91. The molecule has 0 N–H and O–H groups in total. The van der Waals surface area contributed by atoms with Crippen molar-refractivity contribution in [3.05, 3.63) is 176 Å². The summed E-state index contributed by atoms with van der Waals surface area (Å²) in [6, 6.07) is 61.0. The zero-order valence-electron chi connectivity index (χ0n) is 27.5. The maximum atomic E-state index is 6.58. The van der Waals surface area contributed by atoms with Crippen molar-refractivity contribution in [2.75, 3.05) is 0 Å². The highest BCUT2D eigenvalue weighted by Gasteiger charge is 2.19. The first-order valence-electron chi connectivity index (χ1n) is 17.1. The van der Waals surface area contributed by atoms with Gasteiger partial charge in [-0.25, -0.2) is 15.0 Å². The zero-order valence-corrected chi connectivity index (χ0v) is 27.5. The van der Waals surface area contributed by atoms with Crippen molar-refractivity contribution in [2.24, 2.45) is 0 Å². The van der Waals surface area contributed by atoms with Crippen LogP contribution in [0.4, 0.5) is 0 Å². The fourth-order valence-corrected chi connectivity index (χ4v) is 7.29. The van der Waals surface area contributed by atoms with Gasteiger partial charge in [0.05, 0.1) is 0 Å². The second-order valence-corrected chi connectivity index (χ2v) is 12.8. The molecule has 10 rings (SSSR count). The second-order valence-electron chi connectivity index (χ2n) is 12.8. The highest BCUT2D eigenvalue weighted by molar-refractivity contribution is 6.21. The molecule has 0 saturated carbocycles. The molecule has 0 saturated heterocycles. The summed E-state index contributed by atoms with van der Waals surface area (Å²) < 4.78 is 6.58. The molecule has 0 aliphatic rings. The average molecular weight is 652 g/mol. The Labute approximate surface area is 294 Å². The van der Waals surface area contributed by atoms with Crippen LogP contribution < -0.4 is 0 Å². The lowest BCUT2D eigenvalue weighted by Gasteiger charge is -2.15. The molecule has 0 bridgehead atoms. The molecular formula is C47H29N3O. The minimum Gasteiger partial charge on any atom is -0.455 e. The van der Waals surface area contributed by atoms with E-state index in [9.17, 15) is 0 Å². The molecule has 0 radical (unpaired) electrons. The van der Waals surface area contributed by atoms with Gasteiger partial charge in [-0.1, -0.05) is 152 Å². The predicted molar refractivity (Wildman–Crippen MR) is 209 cm³/mol. The summed E-state index contributed by atoms with van der Waals surface area (Å²) in [5, 5.41) is 6.64. The minimum absolute atomic E-state index is 0.639. The highest BCUT2D eigenvalue weighted by Crippen LogP contribution is 2.43. The van der Waals surface area contributed by atoms with E-state index < -0.39 is 0 Å². The van der Waals surface area contributed by atoms with E-state index in [1.807, 2.05) is 60.7 Å². The lowest BCUT2D eigenvalue weighted by molar-refractivity contribution is 0.673. The van der Waals surface area contributed by atoms with E-state index in [-0.39, 0.29) is 0 Å². The van der Waals surface area contributed by atoms with Crippen LogP contribution in [0.3, 0.4) is 0 Å². The first kappa shape index (κ1) is 29.0. The normalized spacial score (nSPS) is 11.5. The average Bonchev–Trinajstić information content (AvgIpc) is 3.59. The van der Waals surface area contributed by atoms with Gasteiger partial charge in [0.15, 0.2) is 17.5 Å². The van der Waals surface area contributed by atoms with Crippen molar-refractivity contribution in [3.8, 4) is 56.4 Å². The molecule has 0 aliphatic carbocycles. The molecule has 4 heteroatoms. The van der Waals surface area contributed by atoms with E-state index in [4.69, 9.17) is 19.4 Å². The minimum atomic E-state index is 0.639. The largest absolute Gasteiger partial charge is 0.455 e. The SMILES string of the molecule is c1ccc(-c2ccc3oc4c5ccccc5c(-c5ccc(-c6nc(-c7ccccc7)nc(-c7ccccc7)n6)c6ccccc56)cc4c3c2)cc1. The summed E-state index contributed by atoms with van der Waals surface area (Å²) in [5.74, 6) is 1.93. The molecule has 238 valence electrons. The van der Waals surface area contributed by atoms with E-state index in [0.717, 1.165) is 76.9 Å². The molecule has 0 fully saturated rings. The first-order valence-corrected chi connectivity index (χ1v) is 17.1. The molecule has 2 heterocycles. The van der Waals surface area contributed by atoms with E-state index in [1.54, 1.807) is 0 Å². The van der Waals surface area contributed by atoms with Crippen LogP contribution in [-0.4, -0.2) is 15.0 Å². The number of benzene rings is 8. The number of hydrogen-bond donors (Lipinski definition) is 0. The number of nitrogens with zero attached hydrogens (tertiary/aromatic N) is 3. The van der Waals surface area contributed by atoms with Crippen LogP contribution in [0.25, 0.3) is 99.9 Å². The standard InChI is InChI=1S/C47H29N3O/c1-4-14-30(15-5-1)33-24-27-43-41(28-33)42-29-40(36-22-12-13-23-38(36)44(42)51-43)37-25-26-39(35-21-11-10-20-34(35)37)47-49-45(31-16-6-2-7-17-31)48-46(50-47)32-18-8-3-9-19-32/h1-29H. The number of furan rings is 1. The number of fused-ring (bicyclic) bond motifs is 6. The van der Waals surface area contributed by atoms with Crippen molar-refractivity contribution in [1.82, 2.24) is 15.0 Å². The Balaban J connectivity index is 1.20. The second kappa shape index (κ2) is 11.9. The molecule has 51 heavy (non-hydrogen) atoms. The van der Waals surface area contributed by atoms with Gasteiger partial charge in [-0.15, -0.1) is 0 Å². The van der Waals surface area contributed by atoms with Gasteiger partial charge >= 0.3 is 0 Å². The Morgan fingerprint density at radius 3 is 1.41 bits per heavy atom. The van der Waals surface area contributed by atoms with E-state index >= 15 is 0 Å². The molecule has 8 aromatic carbocycles. The lowest BCUT2D eigenvalue weighted by Crippen LogP contribution is -2.00. The third-order valence-corrected chi connectivity index (χ3v) is 9.74. The maximum absolute atomic E-state index is 6.58. The molecule has 0 unspecified atom stereocenters. The van der Waals surface area contributed by atoms with E-state index in [1.165, 1.54) is 5.56 Å². The molecule has 10 aromatic rings. The van der Waals surface area contributed by atoms with E-state index in [2.05, 4.69) is 115 Å². The number of rotatable bonds is 5. The van der Waals surface area contributed by atoms with Gasteiger partial charge in [-0.3, -0.25) is 0 Å². The fourth-order valence-electron chi connectivity index (χ4n) is 7.29.